The second-order valence-electron chi connectivity index (χ2n) is 4.60. The van der Waals surface area contributed by atoms with Gasteiger partial charge in [-0.1, -0.05) is 0 Å². The van der Waals surface area contributed by atoms with Gasteiger partial charge in [-0.25, -0.2) is 4.98 Å². The first-order chi connectivity index (χ1) is 10.0. The SMILES string of the molecule is Nc1nc([N+](=O)[O-])nc2c1ncn2C1CC(O)C(CO)O1. The fourth-order valence-electron chi connectivity index (χ4n) is 2.27. The van der Waals surface area contributed by atoms with Crippen LogP contribution in [-0.2, 0) is 4.74 Å². The average Bonchev–Trinajstić information content (AvgIpc) is 3.01. The molecule has 0 radical (unpaired) electrons. The van der Waals surface area contributed by atoms with Crippen LogP contribution in [0.4, 0.5) is 11.8 Å². The number of nitrogens with zero attached hydrogens (tertiary/aromatic N) is 5. The smallest absolute Gasteiger partial charge is 0.394 e. The molecule has 2 aromatic heterocycles. The van der Waals surface area contributed by atoms with Crippen LogP contribution in [0.5, 0.6) is 0 Å². The predicted molar refractivity (Wildman–Crippen MR) is 68.0 cm³/mol. The molecule has 3 unspecified atom stereocenters. The molecule has 1 saturated heterocycles. The molecule has 3 atom stereocenters. The number of imidazole rings is 1. The number of anilines is 1. The van der Waals surface area contributed by atoms with E-state index >= 15 is 0 Å². The monoisotopic (exact) mass is 296 g/mol. The number of rotatable bonds is 3. The average molecular weight is 296 g/mol. The fraction of sp³-hybridized carbons (Fsp3) is 0.500. The standard InChI is InChI=1S/C10H12N6O5/c11-8-7-9(14-10(13-8)16(19)20)15(3-12-7)6-1-4(18)5(2-17)21-6/h3-6,17-18H,1-2H2,(H2,11,13,14). The molecule has 0 saturated carbocycles. The van der Waals surface area contributed by atoms with Crippen molar-refractivity contribution in [2.45, 2.75) is 24.9 Å². The maximum absolute atomic E-state index is 10.8. The van der Waals surface area contributed by atoms with Gasteiger partial charge in [0.2, 0.25) is 11.5 Å². The number of ether oxygens (including phenoxy) is 1. The lowest BCUT2D eigenvalue weighted by Gasteiger charge is -2.12. The number of fused-ring (bicyclic) bond motifs is 1. The van der Waals surface area contributed by atoms with Crippen LogP contribution in [0.25, 0.3) is 11.2 Å². The van der Waals surface area contributed by atoms with Crippen LogP contribution in [0.3, 0.4) is 0 Å². The summed E-state index contributed by atoms with van der Waals surface area (Å²) in [5, 5.41) is 29.6. The van der Waals surface area contributed by atoms with Gasteiger partial charge < -0.3 is 30.8 Å². The number of aliphatic hydroxyl groups is 2. The number of hydrogen-bond acceptors (Lipinski definition) is 9. The Morgan fingerprint density at radius 1 is 1.57 bits per heavy atom. The van der Waals surface area contributed by atoms with Gasteiger partial charge in [0.15, 0.2) is 5.52 Å². The zero-order chi connectivity index (χ0) is 15.1. The first-order valence-corrected chi connectivity index (χ1v) is 6.10. The molecule has 3 rings (SSSR count). The van der Waals surface area contributed by atoms with Gasteiger partial charge >= 0.3 is 5.95 Å². The van der Waals surface area contributed by atoms with E-state index in [9.17, 15) is 15.2 Å². The van der Waals surface area contributed by atoms with E-state index < -0.39 is 29.3 Å². The second kappa shape index (κ2) is 4.87. The zero-order valence-corrected chi connectivity index (χ0v) is 10.7. The number of aliphatic hydroxyl groups excluding tert-OH is 2. The summed E-state index contributed by atoms with van der Waals surface area (Å²) in [4.78, 5) is 21.4. The van der Waals surface area contributed by atoms with E-state index in [0.29, 0.717) is 0 Å². The van der Waals surface area contributed by atoms with Crippen molar-refractivity contribution in [3.05, 3.63) is 16.4 Å². The Labute approximate surface area is 117 Å². The van der Waals surface area contributed by atoms with Gasteiger partial charge in [-0.3, -0.25) is 4.57 Å². The minimum Gasteiger partial charge on any atom is -0.394 e. The molecule has 0 spiro atoms. The predicted octanol–water partition coefficient (Wildman–Crippen LogP) is -1.04. The summed E-state index contributed by atoms with van der Waals surface area (Å²) in [5.41, 5.74) is 5.98. The van der Waals surface area contributed by atoms with Crippen molar-refractivity contribution in [2.75, 3.05) is 12.3 Å². The number of hydrogen-bond donors (Lipinski definition) is 3. The van der Waals surface area contributed by atoms with E-state index in [1.807, 2.05) is 0 Å². The van der Waals surface area contributed by atoms with E-state index in [1.165, 1.54) is 10.9 Å². The van der Waals surface area contributed by atoms with Gasteiger partial charge in [0.05, 0.1) is 12.7 Å². The summed E-state index contributed by atoms with van der Waals surface area (Å²) in [6, 6.07) is 0. The number of nitro groups is 1. The van der Waals surface area contributed by atoms with Crippen LogP contribution in [0.15, 0.2) is 6.33 Å². The molecule has 4 N–H and O–H groups in total. The number of nitrogens with two attached hydrogens (primary N) is 1. The molecule has 1 aliphatic heterocycles. The third-order valence-electron chi connectivity index (χ3n) is 3.29. The summed E-state index contributed by atoms with van der Waals surface area (Å²) in [7, 11) is 0. The Hall–Kier alpha value is -2.37. The lowest BCUT2D eigenvalue weighted by Crippen LogP contribution is -2.24. The van der Waals surface area contributed by atoms with Crippen molar-refractivity contribution in [3.8, 4) is 0 Å². The molecular formula is C10H12N6O5. The molecule has 2 aromatic rings. The van der Waals surface area contributed by atoms with Crippen LogP contribution < -0.4 is 5.73 Å². The molecule has 3 heterocycles. The molecule has 0 bridgehead atoms. The van der Waals surface area contributed by atoms with E-state index in [-0.39, 0.29) is 30.0 Å². The van der Waals surface area contributed by atoms with E-state index in [0.717, 1.165) is 0 Å². The molecule has 0 amide bonds. The highest BCUT2D eigenvalue weighted by atomic mass is 16.6. The van der Waals surface area contributed by atoms with Crippen molar-refractivity contribution in [3.63, 3.8) is 0 Å². The Balaban J connectivity index is 2.06. The molecular weight excluding hydrogens is 284 g/mol. The Morgan fingerprint density at radius 2 is 2.33 bits per heavy atom. The molecule has 11 heteroatoms. The molecule has 11 nitrogen and oxygen atoms in total. The van der Waals surface area contributed by atoms with Gasteiger partial charge in [0.25, 0.3) is 0 Å². The third-order valence-corrected chi connectivity index (χ3v) is 3.29. The van der Waals surface area contributed by atoms with E-state index in [2.05, 4.69) is 15.0 Å². The molecule has 0 aliphatic carbocycles. The summed E-state index contributed by atoms with van der Waals surface area (Å²) in [6.45, 7) is -0.332. The second-order valence-corrected chi connectivity index (χ2v) is 4.60. The van der Waals surface area contributed by atoms with Crippen LogP contribution in [0, 0.1) is 10.1 Å². The summed E-state index contributed by atoms with van der Waals surface area (Å²) >= 11 is 0. The van der Waals surface area contributed by atoms with Gasteiger partial charge in [0, 0.05) is 6.42 Å². The van der Waals surface area contributed by atoms with Crippen molar-refractivity contribution in [2.24, 2.45) is 0 Å². The first kappa shape index (κ1) is 13.6. The van der Waals surface area contributed by atoms with Gasteiger partial charge in [-0.05, 0) is 14.9 Å². The van der Waals surface area contributed by atoms with E-state index in [4.69, 9.17) is 15.6 Å². The fourth-order valence-corrected chi connectivity index (χ4v) is 2.27. The van der Waals surface area contributed by atoms with Crippen LogP contribution in [0.1, 0.15) is 12.6 Å². The van der Waals surface area contributed by atoms with Crippen molar-refractivity contribution >= 4 is 22.9 Å². The van der Waals surface area contributed by atoms with Crippen molar-refractivity contribution in [1.29, 1.82) is 0 Å². The van der Waals surface area contributed by atoms with Crippen LogP contribution in [0.2, 0.25) is 0 Å². The molecule has 1 fully saturated rings. The zero-order valence-electron chi connectivity index (χ0n) is 10.7. The number of nitrogen functional groups attached to an aromatic ring is 1. The quantitative estimate of drug-likeness (QED) is 0.474. The summed E-state index contributed by atoms with van der Waals surface area (Å²) in [6.07, 6.45) is -0.644. The first-order valence-electron chi connectivity index (χ1n) is 6.10. The lowest BCUT2D eigenvalue weighted by atomic mass is 10.2. The topological polar surface area (TPSA) is 162 Å². The summed E-state index contributed by atoms with van der Waals surface area (Å²) < 4.78 is 6.90. The number of aromatic nitrogens is 4. The largest absolute Gasteiger partial charge is 0.473 e. The maximum Gasteiger partial charge on any atom is 0.473 e. The van der Waals surface area contributed by atoms with Gasteiger partial charge in [0.1, 0.15) is 18.7 Å². The minimum atomic E-state index is -0.841. The van der Waals surface area contributed by atoms with Crippen LogP contribution >= 0.6 is 0 Å². The third kappa shape index (κ3) is 2.16. The lowest BCUT2D eigenvalue weighted by molar-refractivity contribution is -0.394. The Morgan fingerprint density at radius 3 is 2.95 bits per heavy atom. The Bertz CT molecular complexity index is 703. The van der Waals surface area contributed by atoms with Crippen molar-refractivity contribution in [1.82, 2.24) is 19.5 Å². The highest BCUT2D eigenvalue weighted by Gasteiger charge is 2.36. The molecule has 21 heavy (non-hydrogen) atoms. The molecule has 1 aliphatic rings. The minimum absolute atomic E-state index is 0.109. The maximum atomic E-state index is 10.8. The highest BCUT2D eigenvalue weighted by Crippen LogP contribution is 2.31. The summed E-state index contributed by atoms with van der Waals surface area (Å²) in [5.74, 6) is -0.748. The van der Waals surface area contributed by atoms with Gasteiger partial charge in [-0.15, -0.1) is 0 Å². The Kier molecular flexibility index (Phi) is 3.16. The highest BCUT2D eigenvalue weighted by molar-refractivity contribution is 5.82. The molecule has 0 aromatic carbocycles. The molecule has 112 valence electrons. The van der Waals surface area contributed by atoms with Gasteiger partial charge in [-0.2, -0.15) is 0 Å². The van der Waals surface area contributed by atoms with E-state index in [1.54, 1.807) is 0 Å². The van der Waals surface area contributed by atoms with Crippen LogP contribution in [-0.4, -0.2) is 53.5 Å². The van der Waals surface area contributed by atoms with Crippen molar-refractivity contribution < 1.29 is 19.9 Å². The normalized spacial score (nSPS) is 25.5.